The second-order valence-corrected chi connectivity index (χ2v) is 10.1. The van der Waals surface area contributed by atoms with Crippen LogP contribution in [0.2, 0.25) is 0 Å². The van der Waals surface area contributed by atoms with Crippen molar-refractivity contribution in [2.45, 2.75) is 64.8 Å². The molecule has 1 saturated heterocycles. The number of hydrogen-bond donors (Lipinski definition) is 3. The zero-order valence-corrected chi connectivity index (χ0v) is 20.4. The van der Waals surface area contributed by atoms with E-state index in [1.165, 1.54) is 32.1 Å². The summed E-state index contributed by atoms with van der Waals surface area (Å²) in [7, 11) is 0. The van der Waals surface area contributed by atoms with E-state index in [1.54, 1.807) is 0 Å². The third-order valence-corrected chi connectivity index (χ3v) is 7.22. The normalized spacial score (nSPS) is 22.1. The Morgan fingerprint density at radius 3 is 2.74 bits per heavy atom. The largest absolute Gasteiger partial charge is 0.493 e. The molecule has 0 aliphatic carbocycles. The van der Waals surface area contributed by atoms with E-state index in [2.05, 4.69) is 47.0 Å². The molecule has 0 amide bonds. The number of piperidine rings is 1. The van der Waals surface area contributed by atoms with Gasteiger partial charge < -0.3 is 20.7 Å². The lowest BCUT2D eigenvalue weighted by Crippen LogP contribution is -2.44. The minimum absolute atomic E-state index is 0.229. The SMILES string of the molecule is CC(C)c1cnn2c3nc(nc12)NCC1(CCCCCOc2ccccc2CN3)CCCNC1. The molecule has 2 aromatic heterocycles. The first-order valence-electron chi connectivity index (χ1n) is 12.8. The average molecular weight is 464 g/mol. The molecule has 0 radical (unpaired) electrons. The number of rotatable bonds is 1. The molecule has 1 unspecified atom stereocenters. The van der Waals surface area contributed by atoms with E-state index >= 15 is 0 Å². The molecule has 8 nitrogen and oxygen atoms in total. The first-order chi connectivity index (χ1) is 16.6. The summed E-state index contributed by atoms with van der Waals surface area (Å²) < 4.78 is 8.01. The molecule has 4 heterocycles. The highest BCUT2D eigenvalue weighted by Crippen LogP contribution is 2.33. The number of hydrogen-bond acceptors (Lipinski definition) is 7. The Morgan fingerprint density at radius 2 is 1.88 bits per heavy atom. The lowest BCUT2D eigenvalue weighted by Gasteiger charge is -2.38. The summed E-state index contributed by atoms with van der Waals surface area (Å²) in [6.07, 6.45) is 9.02. The van der Waals surface area contributed by atoms with Crippen LogP contribution in [0, 0.1) is 5.41 Å². The van der Waals surface area contributed by atoms with Gasteiger partial charge in [-0.3, -0.25) is 0 Å². The van der Waals surface area contributed by atoms with Crippen LogP contribution >= 0.6 is 0 Å². The fraction of sp³-hybridized carbons (Fsp3) is 0.577. The molecule has 34 heavy (non-hydrogen) atoms. The number of fused-ring (bicyclic) bond motifs is 5. The van der Waals surface area contributed by atoms with E-state index in [0.29, 0.717) is 24.4 Å². The molecule has 2 aliphatic rings. The topological polar surface area (TPSA) is 88.4 Å². The predicted molar refractivity (Wildman–Crippen MR) is 136 cm³/mol. The second-order valence-electron chi connectivity index (χ2n) is 10.1. The third kappa shape index (κ3) is 4.97. The molecule has 1 spiro atoms. The van der Waals surface area contributed by atoms with Gasteiger partial charge in [-0.25, -0.2) is 0 Å². The van der Waals surface area contributed by atoms with Crippen molar-refractivity contribution in [3.8, 4) is 5.75 Å². The van der Waals surface area contributed by atoms with Crippen molar-refractivity contribution in [1.29, 1.82) is 0 Å². The predicted octanol–water partition coefficient (Wildman–Crippen LogP) is 4.59. The fourth-order valence-corrected chi connectivity index (χ4v) is 5.17. The minimum atomic E-state index is 0.229. The second kappa shape index (κ2) is 10.2. The highest BCUT2D eigenvalue weighted by Gasteiger charge is 2.32. The van der Waals surface area contributed by atoms with Crippen LogP contribution < -0.4 is 20.7 Å². The van der Waals surface area contributed by atoms with Crippen LogP contribution in [-0.4, -0.2) is 45.8 Å². The van der Waals surface area contributed by atoms with E-state index in [1.807, 2.05) is 22.8 Å². The molecule has 1 aromatic carbocycles. The zero-order chi connectivity index (χ0) is 23.4. The summed E-state index contributed by atoms with van der Waals surface area (Å²) in [5, 5.41) is 15.4. The lowest BCUT2D eigenvalue weighted by molar-refractivity contribution is 0.198. The van der Waals surface area contributed by atoms with Crippen molar-refractivity contribution in [2.24, 2.45) is 5.41 Å². The monoisotopic (exact) mass is 463 g/mol. The van der Waals surface area contributed by atoms with Crippen LogP contribution in [0.15, 0.2) is 30.5 Å². The van der Waals surface area contributed by atoms with Gasteiger partial charge in [-0.1, -0.05) is 44.9 Å². The molecule has 3 N–H and O–H groups in total. The Labute approximate surface area is 201 Å². The summed E-state index contributed by atoms with van der Waals surface area (Å²) in [6.45, 7) is 8.73. The maximum absolute atomic E-state index is 6.18. The summed E-state index contributed by atoms with van der Waals surface area (Å²) in [5.41, 5.74) is 3.32. The summed E-state index contributed by atoms with van der Waals surface area (Å²) in [6, 6.07) is 8.24. The van der Waals surface area contributed by atoms with Gasteiger partial charge in [0.15, 0.2) is 5.65 Å². The van der Waals surface area contributed by atoms with Gasteiger partial charge in [-0.2, -0.15) is 19.6 Å². The maximum Gasteiger partial charge on any atom is 0.229 e. The molecule has 1 atom stereocenters. The number of nitrogens with one attached hydrogen (secondary N) is 3. The van der Waals surface area contributed by atoms with E-state index in [9.17, 15) is 0 Å². The first-order valence-corrected chi connectivity index (χ1v) is 12.8. The summed E-state index contributed by atoms with van der Waals surface area (Å²) >= 11 is 0. The molecule has 182 valence electrons. The van der Waals surface area contributed by atoms with Crippen LogP contribution in [-0.2, 0) is 6.54 Å². The van der Waals surface area contributed by atoms with Crippen molar-refractivity contribution in [3.63, 3.8) is 0 Å². The molecule has 3 aromatic rings. The number of aromatic nitrogens is 4. The van der Waals surface area contributed by atoms with Crippen molar-refractivity contribution in [3.05, 3.63) is 41.6 Å². The van der Waals surface area contributed by atoms with Gasteiger partial charge in [-0.15, -0.1) is 0 Å². The Kier molecular flexibility index (Phi) is 6.85. The number of ether oxygens (including phenoxy) is 1. The van der Waals surface area contributed by atoms with Gasteiger partial charge in [0.2, 0.25) is 11.9 Å². The molecular formula is C26H37N7O. The van der Waals surface area contributed by atoms with E-state index < -0.39 is 0 Å². The number of anilines is 2. The van der Waals surface area contributed by atoms with Gasteiger partial charge in [0.05, 0.1) is 12.8 Å². The van der Waals surface area contributed by atoms with Crippen LogP contribution in [0.4, 0.5) is 11.9 Å². The van der Waals surface area contributed by atoms with Gasteiger partial charge in [0.25, 0.3) is 0 Å². The Balaban J connectivity index is 1.50. The van der Waals surface area contributed by atoms with Crippen LogP contribution in [0.25, 0.3) is 5.65 Å². The summed E-state index contributed by atoms with van der Waals surface area (Å²) in [5.74, 6) is 2.62. The maximum atomic E-state index is 6.18. The summed E-state index contributed by atoms with van der Waals surface area (Å²) in [4.78, 5) is 9.77. The molecule has 8 heteroatoms. The van der Waals surface area contributed by atoms with E-state index in [0.717, 1.165) is 55.2 Å². The van der Waals surface area contributed by atoms with Crippen molar-refractivity contribution in [1.82, 2.24) is 24.9 Å². The smallest absolute Gasteiger partial charge is 0.229 e. The number of nitrogens with zero attached hydrogens (tertiary/aromatic N) is 4. The molecule has 0 saturated carbocycles. The Bertz CT molecular complexity index is 1100. The molecule has 2 aliphatic heterocycles. The van der Waals surface area contributed by atoms with Gasteiger partial charge in [-0.05, 0) is 44.2 Å². The quantitative estimate of drug-likeness (QED) is 0.486. The first kappa shape index (κ1) is 22.9. The number of para-hydroxylation sites is 1. The standard InChI is InChI=1S/C26H37N7O/c1-19(2)21-16-30-33-23(21)31-24-29-18-26(12-8-13-27-17-26)11-6-3-7-14-34-22-10-5-4-9-20(22)15-28-25(33)32-24/h4-5,9-10,16,19,27H,3,6-8,11-15,17-18H2,1-2H3,(H2,28,29,31,32). The number of benzene rings is 1. The minimum Gasteiger partial charge on any atom is -0.493 e. The molecule has 5 rings (SSSR count). The van der Waals surface area contributed by atoms with Crippen molar-refractivity contribution >= 4 is 17.5 Å². The highest BCUT2D eigenvalue weighted by atomic mass is 16.5. The van der Waals surface area contributed by atoms with E-state index in [4.69, 9.17) is 14.7 Å². The molecule has 2 bridgehead atoms. The van der Waals surface area contributed by atoms with Gasteiger partial charge in [0.1, 0.15) is 5.75 Å². The van der Waals surface area contributed by atoms with Crippen LogP contribution in [0.5, 0.6) is 5.75 Å². The third-order valence-electron chi connectivity index (χ3n) is 7.22. The molecule has 1 fully saturated rings. The van der Waals surface area contributed by atoms with Gasteiger partial charge in [0, 0.05) is 36.2 Å². The highest BCUT2D eigenvalue weighted by molar-refractivity contribution is 5.56. The Hall–Kier alpha value is -2.87. The van der Waals surface area contributed by atoms with Crippen molar-refractivity contribution in [2.75, 3.05) is 36.9 Å². The van der Waals surface area contributed by atoms with Gasteiger partial charge >= 0.3 is 0 Å². The Morgan fingerprint density at radius 1 is 1.00 bits per heavy atom. The van der Waals surface area contributed by atoms with E-state index in [-0.39, 0.29) is 5.41 Å². The van der Waals surface area contributed by atoms with Crippen LogP contribution in [0.3, 0.4) is 0 Å². The van der Waals surface area contributed by atoms with Crippen molar-refractivity contribution < 1.29 is 4.74 Å². The molecular weight excluding hydrogens is 426 g/mol. The lowest BCUT2D eigenvalue weighted by atomic mass is 9.76. The zero-order valence-electron chi connectivity index (χ0n) is 20.4. The van der Waals surface area contributed by atoms with Crippen LogP contribution in [0.1, 0.15) is 69.4 Å². The fourth-order valence-electron chi connectivity index (χ4n) is 5.17. The average Bonchev–Trinajstić information content (AvgIpc) is 3.29.